The van der Waals surface area contributed by atoms with E-state index in [1.807, 2.05) is 4.90 Å². The van der Waals surface area contributed by atoms with E-state index in [0.717, 1.165) is 18.2 Å². The molecule has 0 atom stereocenters. The maximum Gasteiger partial charge on any atom is 0.416 e. The number of halogens is 3. The molecule has 8 heteroatoms. The fraction of sp³-hybridized carbons (Fsp3) is 0.278. The van der Waals surface area contributed by atoms with Gasteiger partial charge in [0, 0.05) is 30.9 Å². The molecule has 0 radical (unpaired) electrons. The summed E-state index contributed by atoms with van der Waals surface area (Å²) in [7, 11) is 0. The largest absolute Gasteiger partial charge is 0.508 e. The molecular weight excluding hydrogens is 349 g/mol. The summed E-state index contributed by atoms with van der Waals surface area (Å²) in [5, 5.41) is 19.1. The van der Waals surface area contributed by atoms with E-state index in [2.05, 4.69) is 4.99 Å². The quantitative estimate of drug-likeness (QED) is 0.813. The highest BCUT2D eigenvalue weighted by atomic mass is 19.4. The van der Waals surface area contributed by atoms with Crippen LogP contribution < -0.4 is 4.90 Å². The van der Waals surface area contributed by atoms with Crippen molar-refractivity contribution in [3.8, 4) is 11.5 Å². The fourth-order valence-corrected chi connectivity index (χ4v) is 2.66. The highest BCUT2D eigenvalue weighted by molar-refractivity contribution is 5.87. The van der Waals surface area contributed by atoms with Crippen molar-refractivity contribution < 1.29 is 28.1 Å². The molecule has 0 unspecified atom stereocenters. The van der Waals surface area contributed by atoms with Crippen LogP contribution in [0.3, 0.4) is 0 Å². The molecule has 2 aromatic rings. The lowest BCUT2D eigenvalue weighted by atomic mass is 10.1. The number of hydrogen-bond acceptors (Lipinski definition) is 5. The molecule has 26 heavy (non-hydrogen) atoms. The van der Waals surface area contributed by atoms with E-state index in [1.165, 1.54) is 24.4 Å². The van der Waals surface area contributed by atoms with Gasteiger partial charge < -0.3 is 19.8 Å². The molecule has 0 aliphatic carbocycles. The van der Waals surface area contributed by atoms with E-state index in [0.29, 0.717) is 32.0 Å². The standard InChI is InChI=1S/C18H17F3N2O3/c19-18(20,21)13-2-4-16(23-5-7-26-8-6-23)15(9-13)22-11-12-1-3-14(24)10-17(12)25/h1-4,9-11,24-25H,5-8H2. The Morgan fingerprint density at radius 3 is 2.42 bits per heavy atom. The van der Waals surface area contributed by atoms with Gasteiger partial charge in [-0.25, -0.2) is 0 Å². The van der Waals surface area contributed by atoms with Crippen LogP contribution in [0.1, 0.15) is 11.1 Å². The molecule has 0 bridgehead atoms. The molecule has 3 rings (SSSR count). The second-order valence-electron chi connectivity index (χ2n) is 5.80. The minimum atomic E-state index is -4.48. The van der Waals surface area contributed by atoms with Gasteiger partial charge in [0.15, 0.2) is 0 Å². The molecule has 5 nitrogen and oxygen atoms in total. The minimum absolute atomic E-state index is 0.118. The maximum absolute atomic E-state index is 13.1. The van der Waals surface area contributed by atoms with E-state index in [4.69, 9.17) is 4.74 Å². The third-order valence-electron chi connectivity index (χ3n) is 4.01. The molecule has 1 saturated heterocycles. The smallest absolute Gasteiger partial charge is 0.416 e. The van der Waals surface area contributed by atoms with Gasteiger partial charge in [-0.05, 0) is 30.3 Å². The number of alkyl halides is 3. The Hall–Kier alpha value is -2.74. The van der Waals surface area contributed by atoms with Crippen molar-refractivity contribution in [2.75, 3.05) is 31.2 Å². The van der Waals surface area contributed by atoms with Crippen molar-refractivity contribution in [2.45, 2.75) is 6.18 Å². The number of ether oxygens (including phenoxy) is 1. The maximum atomic E-state index is 13.1. The molecule has 2 N–H and O–H groups in total. The lowest BCUT2D eigenvalue weighted by Gasteiger charge is -2.30. The SMILES string of the molecule is Oc1ccc(C=Nc2cc(C(F)(F)F)ccc2N2CCOCC2)c(O)c1. The van der Waals surface area contributed by atoms with E-state index in [9.17, 15) is 23.4 Å². The Morgan fingerprint density at radius 1 is 1.04 bits per heavy atom. The number of rotatable bonds is 3. The number of benzene rings is 2. The van der Waals surface area contributed by atoms with Crippen LogP contribution in [0.25, 0.3) is 0 Å². The van der Waals surface area contributed by atoms with Crippen molar-refractivity contribution in [3.05, 3.63) is 47.5 Å². The van der Waals surface area contributed by atoms with Crippen molar-refractivity contribution in [1.29, 1.82) is 0 Å². The molecule has 2 aromatic carbocycles. The number of morpholine rings is 1. The molecule has 1 heterocycles. The van der Waals surface area contributed by atoms with Gasteiger partial charge in [-0.3, -0.25) is 4.99 Å². The van der Waals surface area contributed by atoms with Gasteiger partial charge in [-0.15, -0.1) is 0 Å². The van der Waals surface area contributed by atoms with Gasteiger partial charge in [-0.2, -0.15) is 13.2 Å². The first kappa shape index (κ1) is 18.1. The Labute approximate surface area is 148 Å². The molecule has 138 valence electrons. The first-order valence-electron chi connectivity index (χ1n) is 7.94. The van der Waals surface area contributed by atoms with Gasteiger partial charge in [0.05, 0.1) is 30.2 Å². The molecule has 0 aromatic heterocycles. The molecule has 0 amide bonds. The summed E-state index contributed by atoms with van der Waals surface area (Å²) < 4.78 is 44.5. The summed E-state index contributed by atoms with van der Waals surface area (Å²) in [6.45, 7) is 2.09. The van der Waals surface area contributed by atoms with Crippen LogP contribution in [-0.2, 0) is 10.9 Å². The highest BCUT2D eigenvalue weighted by Gasteiger charge is 2.31. The van der Waals surface area contributed by atoms with Crippen LogP contribution >= 0.6 is 0 Å². The number of aromatic hydroxyl groups is 2. The predicted molar refractivity (Wildman–Crippen MR) is 91.5 cm³/mol. The predicted octanol–water partition coefficient (Wildman–Crippen LogP) is 3.70. The summed E-state index contributed by atoms with van der Waals surface area (Å²) in [5.74, 6) is -0.332. The molecular formula is C18H17F3N2O3. The lowest BCUT2D eigenvalue weighted by Crippen LogP contribution is -2.36. The Bertz CT molecular complexity index is 816. The zero-order chi connectivity index (χ0) is 18.7. The minimum Gasteiger partial charge on any atom is -0.508 e. The molecule has 0 spiro atoms. The average Bonchev–Trinajstić information content (AvgIpc) is 2.61. The normalized spacial score (nSPS) is 15.6. The Morgan fingerprint density at radius 2 is 1.77 bits per heavy atom. The summed E-state index contributed by atoms with van der Waals surface area (Å²) >= 11 is 0. The molecule has 1 fully saturated rings. The molecule has 0 saturated carbocycles. The number of anilines is 1. The van der Waals surface area contributed by atoms with Crippen LogP contribution in [0.15, 0.2) is 41.4 Å². The van der Waals surface area contributed by atoms with E-state index >= 15 is 0 Å². The van der Waals surface area contributed by atoms with Crippen LogP contribution in [0, 0.1) is 0 Å². The second kappa shape index (κ2) is 7.25. The third-order valence-corrected chi connectivity index (χ3v) is 4.01. The first-order valence-corrected chi connectivity index (χ1v) is 7.94. The summed E-state index contributed by atoms with van der Waals surface area (Å²) in [4.78, 5) is 6.08. The number of hydrogen-bond donors (Lipinski definition) is 2. The van der Waals surface area contributed by atoms with E-state index in [1.54, 1.807) is 0 Å². The number of aliphatic imine (C=N–C) groups is 1. The van der Waals surface area contributed by atoms with Gasteiger partial charge in [-0.1, -0.05) is 0 Å². The number of phenolic OH excluding ortho intramolecular Hbond substituents is 2. The summed E-state index contributed by atoms with van der Waals surface area (Å²) in [6, 6.07) is 7.33. The van der Waals surface area contributed by atoms with Crippen LogP contribution in [0.2, 0.25) is 0 Å². The van der Waals surface area contributed by atoms with E-state index in [-0.39, 0.29) is 22.7 Å². The van der Waals surface area contributed by atoms with Gasteiger partial charge >= 0.3 is 6.18 Å². The fourth-order valence-electron chi connectivity index (χ4n) is 2.66. The zero-order valence-electron chi connectivity index (χ0n) is 13.7. The van der Waals surface area contributed by atoms with Crippen LogP contribution in [0.5, 0.6) is 11.5 Å². The topological polar surface area (TPSA) is 65.3 Å². The van der Waals surface area contributed by atoms with Crippen molar-refractivity contribution >= 4 is 17.6 Å². The van der Waals surface area contributed by atoms with Crippen molar-refractivity contribution in [2.24, 2.45) is 4.99 Å². The van der Waals surface area contributed by atoms with Crippen molar-refractivity contribution in [1.82, 2.24) is 0 Å². The van der Waals surface area contributed by atoms with Crippen LogP contribution in [0.4, 0.5) is 24.5 Å². The second-order valence-corrected chi connectivity index (χ2v) is 5.80. The van der Waals surface area contributed by atoms with Crippen molar-refractivity contribution in [3.63, 3.8) is 0 Å². The average molecular weight is 366 g/mol. The Balaban J connectivity index is 1.99. The number of nitrogens with zero attached hydrogens (tertiary/aromatic N) is 2. The first-order chi connectivity index (χ1) is 12.3. The van der Waals surface area contributed by atoms with Crippen LogP contribution in [-0.4, -0.2) is 42.7 Å². The summed E-state index contributed by atoms with van der Waals surface area (Å²) in [6.07, 6.45) is -3.21. The lowest BCUT2D eigenvalue weighted by molar-refractivity contribution is -0.137. The molecule has 1 aliphatic rings. The van der Waals surface area contributed by atoms with Gasteiger partial charge in [0.1, 0.15) is 11.5 Å². The third kappa shape index (κ3) is 4.08. The monoisotopic (exact) mass is 366 g/mol. The zero-order valence-corrected chi connectivity index (χ0v) is 13.7. The number of phenols is 2. The summed E-state index contributed by atoms with van der Waals surface area (Å²) in [5.41, 5.74) is 0.203. The highest BCUT2D eigenvalue weighted by Crippen LogP contribution is 2.37. The van der Waals surface area contributed by atoms with Gasteiger partial charge in [0.2, 0.25) is 0 Å². The van der Waals surface area contributed by atoms with E-state index < -0.39 is 11.7 Å². The molecule has 1 aliphatic heterocycles. The van der Waals surface area contributed by atoms with Gasteiger partial charge in [0.25, 0.3) is 0 Å². The Kier molecular flexibility index (Phi) is 5.03.